The molecule has 26 heteroatoms. The van der Waals surface area contributed by atoms with Crippen LogP contribution in [0.15, 0.2) is 30.9 Å². The molecular formula is C16H14F15N5O4S2. The molecule has 0 saturated heterocycles. The maximum Gasteiger partial charge on any atom is 0.480 e. The van der Waals surface area contributed by atoms with Crippen LogP contribution in [0.2, 0.25) is 0 Å². The van der Waals surface area contributed by atoms with Crippen LogP contribution in [0.3, 0.4) is 0 Å². The minimum Gasteiger partial charge on any atom is -0.421 e. The number of halogens is 15. The van der Waals surface area contributed by atoms with E-state index in [4.69, 9.17) is 0 Å². The molecule has 0 aliphatic rings. The molecule has 0 amide bonds. The summed E-state index contributed by atoms with van der Waals surface area (Å²) in [5.74, 6) is -18.8. The van der Waals surface area contributed by atoms with Crippen molar-refractivity contribution < 1.29 is 87.3 Å². The molecule has 0 spiro atoms. The molecule has 0 radical (unpaired) electrons. The predicted molar refractivity (Wildman–Crippen MR) is 106 cm³/mol. The van der Waals surface area contributed by atoms with Gasteiger partial charge in [0.15, 0.2) is 26.7 Å². The van der Waals surface area contributed by atoms with Crippen molar-refractivity contribution in [3.05, 3.63) is 40.8 Å². The lowest BCUT2D eigenvalue weighted by atomic mass is 10.0. The van der Waals surface area contributed by atoms with Crippen molar-refractivity contribution in [3.8, 4) is 0 Å². The van der Waals surface area contributed by atoms with Crippen molar-refractivity contribution in [2.24, 2.45) is 0 Å². The van der Waals surface area contributed by atoms with E-state index in [2.05, 4.69) is 5.10 Å². The molecule has 0 atom stereocenters. The van der Waals surface area contributed by atoms with E-state index in [1.54, 1.807) is 12.3 Å². The number of sulfonamides is 2. The average Bonchev–Trinajstić information content (AvgIpc) is 3.40. The Labute approximate surface area is 224 Å². The third-order valence-electron chi connectivity index (χ3n) is 4.77. The molecule has 2 rings (SSSR count). The van der Waals surface area contributed by atoms with E-state index in [9.17, 15) is 82.7 Å². The Hall–Kier alpha value is -2.77. The first-order valence-corrected chi connectivity index (χ1v) is 12.9. The Morgan fingerprint density at radius 3 is 1.64 bits per heavy atom. The molecule has 2 heterocycles. The van der Waals surface area contributed by atoms with Gasteiger partial charge in [-0.05, 0) is 6.07 Å². The van der Waals surface area contributed by atoms with E-state index in [1.807, 2.05) is 0 Å². The summed E-state index contributed by atoms with van der Waals surface area (Å²) in [7, 11) is -13.4. The zero-order valence-corrected chi connectivity index (χ0v) is 21.5. The fraction of sp³-hybridized carbons (Fsp3) is 0.625. The van der Waals surface area contributed by atoms with Gasteiger partial charge in [0.2, 0.25) is 0 Å². The summed E-state index contributed by atoms with van der Waals surface area (Å²) in [6, 6.07) is 1.62. The number of imidazole rings is 1. The number of aromatic nitrogens is 4. The van der Waals surface area contributed by atoms with Gasteiger partial charge in [-0.2, -0.15) is 71.0 Å². The highest BCUT2D eigenvalue weighted by molar-refractivity contribution is 8.13. The lowest BCUT2D eigenvalue weighted by molar-refractivity contribution is -0.708. The Morgan fingerprint density at radius 1 is 0.786 bits per heavy atom. The molecule has 0 saturated carbocycles. The summed E-state index contributed by atoms with van der Waals surface area (Å²) in [5, 5.41) is 3.91. The van der Waals surface area contributed by atoms with Crippen molar-refractivity contribution in [1.82, 2.24) is 14.3 Å². The van der Waals surface area contributed by atoms with E-state index in [-0.39, 0.29) is 12.5 Å². The molecule has 0 unspecified atom stereocenters. The molecule has 42 heavy (non-hydrogen) atoms. The molecule has 0 fully saturated rings. The van der Waals surface area contributed by atoms with Crippen LogP contribution in [0.4, 0.5) is 65.9 Å². The first-order chi connectivity index (χ1) is 18.4. The fourth-order valence-corrected chi connectivity index (χ4v) is 4.22. The van der Waals surface area contributed by atoms with Crippen LogP contribution in [0.25, 0.3) is 4.13 Å². The highest BCUT2D eigenvalue weighted by atomic mass is 32.3. The number of rotatable bonds is 9. The van der Waals surface area contributed by atoms with Gasteiger partial charge in [0.25, 0.3) is 5.82 Å². The van der Waals surface area contributed by atoms with Gasteiger partial charge in [0.05, 0.1) is 13.0 Å². The van der Waals surface area contributed by atoms with Gasteiger partial charge in [-0.25, -0.2) is 30.7 Å². The molecule has 0 aromatic carbocycles. The largest absolute Gasteiger partial charge is 0.480 e. The minimum atomic E-state index is -6.87. The molecule has 0 N–H and O–H groups in total. The zero-order chi connectivity index (χ0) is 33.4. The first kappa shape index (κ1) is 37.3. The van der Waals surface area contributed by atoms with E-state index in [0.717, 1.165) is 8.69 Å². The normalized spacial score (nSPS) is 14.5. The Bertz CT molecular complexity index is 1370. The summed E-state index contributed by atoms with van der Waals surface area (Å²) >= 11 is 0. The van der Waals surface area contributed by atoms with Crippen LogP contribution in [0.5, 0.6) is 0 Å². The lowest BCUT2D eigenvalue weighted by Crippen LogP contribution is -2.61. The summed E-state index contributed by atoms with van der Waals surface area (Å²) in [4.78, 5) is 0. The van der Waals surface area contributed by atoms with Crippen molar-refractivity contribution in [2.75, 3.05) is 0 Å². The standard InChI is InChI=1S/C14H14F9N4.C2F6NO4S2/c1-10-25(7-8-26(10)9-27-5-2-4-24-27)6-3-11(15,16)12(17,18)13(19,20)14(21,22)23;3-1(4,5)14(10,11)9-15(12,13)2(6,7)8/h2,4-5,7-8H,3,6,9H2,1H3;/q+1;-1. The SMILES string of the molecule is Cc1n(CCC(F)(F)C(F)(F)C(F)(F)C(F)(F)F)cc[n+]1Cn1cccn1.O=S(=O)([N-]S(=O)(=O)C(F)(F)F)C(F)(F)F. The van der Waals surface area contributed by atoms with E-state index >= 15 is 0 Å². The summed E-state index contributed by atoms with van der Waals surface area (Å²) in [6.07, 6.45) is -3.03. The molecule has 2 aromatic rings. The Balaban J connectivity index is 0.000000501. The average molecular weight is 689 g/mol. The number of aryl methyl sites for hydroxylation is 1. The molecule has 0 bridgehead atoms. The van der Waals surface area contributed by atoms with Gasteiger partial charge in [-0.15, -0.1) is 0 Å². The fourth-order valence-electron chi connectivity index (χ4n) is 2.51. The minimum absolute atomic E-state index is 0.157. The van der Waals surface area contributed by atoms with Gasteiger partial charge >= 0.3 is 35.0 Å². The smallest absolute Gasteiger partial charge is 0.421 e. The van der Waals surface area contributed by atoms with Crippen LogP contribution in [0, 0.1) is 6.92 Å². The highest BCUT2D eigenvalue weighted by Gasteiger charge is 2.81. The van der Waals surface area contributed by atoms with Gasteiger partial charge in [-0.3, -0.25) is 0 Å². The topological polar surface area (TPSA) is 109 Å². The highest BCUT2D eigenvalue weighted by Crippen LogP contribution is 2.54. The Kier molecular flexibility index (Phi) is 10.4. The molecule has 9 nitrogen and oxygen atoms in total. The van der Waals surface area contributed by atoms with Crippen molar-refractivity contribution >= 4 is 20.0 Å². The third kappa shape index (κ3) is 7.99. The number of hydrogen-bond acceptors (Lipinski definition) is 5. The molecular weight excluding hydrogens is 675 g/mol. The molecule has 0 aliphatic heterocycles. The quantitative estimate of drug-likeness (QED) is 0.280. The zero-order valence-electron chi connectivity index (χ0n) is 19.9. The second-order valence-corrected chi connectivity index (χ2v) is 11.1. The van der Waals surface area contributed by atoms with Crippen LogP contribution in [0.1, 0.15) is 12.2 Å². The first-order valence-electron chi connectivity index (χ1n) is 10.0. The maximum absolute atomic E-state index is 13.6. The van der Waals surface area contributed by atoms with Gasteiger partial charge in [0.1, 0.15) is 12.4 Å². The second-order valence-electron chi connectivity index (χ2n) is 7.71. The maximum atomic E-state index is 13.6. The third-order valence-corrected chi connectivity index (χ3v) is 7.51. The van der Waals surface area contributed by atoms with E-state index < -0.39 is 68.0 Å². The van der Waals surface area contributed by atoms with E-state index in [0.29, 0.717) is 0 Å². The van der Waals surface area contributed by atoms with Gasteiger partial charge in [0, 0.05) is 19.3 Å². The van der Waals surface area contributed by atoms with Gasteiger partial charge < -0.3 is 4.13 Å². The molecule has 2 aromatic heterocycles. The second kappa shape index (κ2) is 11.7. The van der Waals surface area contributed by atoms with E-state index in [1.165, 1.54) is 34.8 Å². The molecule has 0 aliphatic carbocycles. The van der Waals surface area contributed by atoms with Crippen LogP contribution < -0.4 is 4.57 Å². The summed E-state index contributed by atoms with van der Waals surface area (Å²) in [5.41, 5.74) is -12.4. The number of alkyl halides is 15. The number of nitrogens with zero attached hydrogens (tertiary/aromatic N) is 5. The van der Waals surface area contributed by atoms with Crippen molar-refractivity contribution in [2.45, 2.75) is 61.5 Å². The predicted octanol–water partition coefficient (Wildman–Crippen LogP) is 4.70. The Morgan fingerprint density at radius 2 is 1.26 bits per heavy atom. The number of hydrogen-bond donors (Lipinski definition) is 0. The summed E-state index contributed by atoms with van der Waals surface area (Å²) < 4.78 is 229. The summed E-state index contributed by atoms with van der Waals surface area (Å²) in [6.45, 7) is 0.698. The van der Waals surface area contributed by atoms with Crippen LogP contribution >= 0.6 is 0 Å². The van der Waals surface area contributed by atoms with Crippen LogP contribution in [-0.4, -0.2) is 66.1 Å². The van der Waals surface area contributed by atoms with Gasteiger partial charge in [-0.1, -0.05) is 0 Å². The lowest BCUT2D eigenvalue weighted by Gasteiger charge is -2.33. The van der Waals surface area contributed by atoms with Crippen molar-refractivity contribution in [1.29, 1.82) is 0 Å². The van der Waals surface area contributed by atoms with Crippen LogP contribution in [-0.2, 0) is 33.3 Å². The monoisotopic (exact) mass is 689 g/mol. The molecule has 244 valence electrons. The van der Waals surface area contributed by atoms with Crippen molar-refractivity contribution in [3.63, 3.8) is 0 Å².